The summed E-state index contributed by atoms with van der Waals surface area (Å²) in [5, 5.41) is 2.63. The van der Waals surface area contributed by atoms with Gasteiger partial charge in [-0.3, -0.25) is 9.59 Å². The SMILES string of the molecule is COc1cc(C(=O)NCC2CCc3c(F)cccc3N(CC(F)(F)F)C2=O)ccc1-n1cnc(C)c1. The Bertz CT molecular complexity index is 1290. The number of rotatable bonds is 6. The molecule has 0 fully saturated rings. The molecule has 1 atom stereocenters. The van der Waals surface area contributed by atoms with Crippen molar-refractivity contribution in [3.05, 3.63) is 71.6 Å². The molecule has 36 heavy (non-hydrogen) atoms. The monoisotopic (exact) mass is 504 g/mol. The molecule has 2 amide bonds. The summed E-state index contributed by atoms with van der Waals surface area (Å²) in [7, 11) is 1.46. The average molecular weight is 504 g/mol. The summed E-state index contributed by atoms with van der Waals surface area (Å²) in [6.07, 6.45) is -1.12. The summed E-state index contributed by atoms with van der Waals surface area (Å²) in [5.41, 5.74) is 1.67. The van der Waals surface area contributed by atoms with Crippen LogP contribution in [-0.4, -0.2) is 47.7 Å². The molecule has 190 valence electrons. The molecule has 3 aromatic rings. The predicted octanol–water partition coefficient (Wildman–Crippen LogP) is 4.22. The van der Waals surface area contributed by atoms with Gasteiger partial charge in [-0.1, -0.05) is 6.07 Å². The van der Waals surface area contributed by atoms with Gasteiger partial charge in [0.05, 0.1) is 36.4 Å². The number of nitrogens with one attached hydrogen (secondary N) is 1. The molecule has 1 aliphatic rings. The molecule has 0 spiro atoms. The Morgan fingerprint density at radius 1 is 1.22 bits per heavy atom. The molecule has 0 saturated heterocycles. The highest BCUT2D eigenvalue weighted by molar-refractivity contribution is 5.98. The highest BCUT2D eigenvalue weighted by Crippen LogP contribution is 2.33. The largest absolute Gasteiger partial charge is 0.495 e. The highest BCUT2D eigenvalue weighted by atomic mass is 19.4. The van der Waals surface area contributed by atoms with Crippen LogP contribution in [0, 0.1) is 18.7 Å². The van der Waals surface area contributed by atoms with Crippen LogP contribution in [0.4, 0.5) is 23.2 Å². The van der Waals surface area contributed by atoms with E-state index in [1.807, 2.05) is 6.92 Å². The van der Waals surface area contributed by atoms with Crippen LogP contribution in [0.15, 0.2) is 48.9 Å². The summed E-state index contributed by atoms with van der Waals surface area (Å²) >= 11 is 0. The second kappa shape index (κ2) is 10.00. The van der Waals surface area contributed by atoms with Crippen molar-refractivity contribution in [2.75, 3.05) is 25.1 Å². The van der Waals surface area contributed by atoms with Crippen LogP contribution in [0.3, 0.4) is 0 Å². The number of aryl methyl sites for hydroxylation is 1. The summed E-state index contributed by atoms with van der Waals surface area (Å²) in [6, 6.07) is 8.50. The summed E-state index contributed by atoms with van der Waals surface area (Å²) in [6.45, 7) is 0.0911. The fourth-order valence-corrected chi connectivity index (χ4v) is 4.26. The van der Waals surface area contributed by atoms with Crippen molar-refractivity contribution in [3.63, 3.8) is 0 Å². The molecule has 1 unspecified atom stereocenters. The van der Waals surface area contributed by atoms with Gasteiger partial charge in [0.25, 0.3) is 5.91 Å². The quantitative estimate of drug-likeness (QED) is 0.511. The zero-order valence-corrected chi connectivity index (χ0v) is 19.6. The number of imidazole rings is 1. The first kappa shape index (κ1) is 25.2. The number of aromatic nitrogens is 2. The van der Waals surface area contributed by atoms with Crippen LogP contribution in [0.5, 0.6) is 5.75 Å². The molecular formula is C25H24F4N4O3. The molecule has 1 aliphatic heterocycles. The Hall–Kier alpha value is -3.89. The van der Waals surface area contributed by atoms with Crippen LogP contribution in [0.25, 0.3) is 5.69 Å². The lowest BCUT2D eigenvalue weighted by molar-refractivity contribution is -0.134. The standard InChI is InChI=1S/C25H24F4N4O3/c1-15-12-32(14-31-15)21-9-7-16(10-22(21)36-2)23(34)30-11-17-6-8-18-19(26)4-3-5-20(18)33(24(17)35)13-25(27,28)29/h3-5,7,9-10,12,14,17H,6,8,11,13H2,1-2H3,(H,30,34). The fourth-order valence-electron chi connectivity index (χ4n) is 4.26. The number of hydrogen-bond donors (Lipinski definition) is 1. The van der Waals surface area contributed by atoms with Gasteiger partial charge >= 0.3 is 6.18 Å². The number of halogens is 4. The van der Waals surface area contributed by atoms with Crippen molar-refractivity contribution in [2.24, 2.45) is 5.92 Å². The van der Waals surface area contributed by atoms with Gasteiger partial charge in [-0.25, -0.2) is 9.37 Å². The number of nitrogens with zero attached hydrogens (tertiary/aromatic N) is 3. The lowest BCUT2D eigenvalue weighted by Crippen LogP contribution is -2.45. The van der Waals surface area contributed by atoms with Crippen molar-refractivity contribution in [1.82, 2.24) is 14.9 Å². The van der Waals surface area contributed by atoms with Crippen molar-refractivity contribution in [3.8, 4) is 11.4 Å². The number of ether oxygens (including phenoxy) is 1. The Labute approximate surface area is 204 Å². The molecule has 0 radical (unpaired) electrons. The van der Waals surface area contributed by atoms with E-state index in [2.05, 4.69) is 10.3 Å². The number of methoxy groups -OCH3 is 1. The zero-order valence-electron chi connectivity index (χ0n) is 19.6. The highest BCUT2D eigenvalue weighted by Gasteiger charge is 2.39. The minimum atomic E-state index is -4.68. The molecule has 0 aliphatic carbocycles. The third-order valence-corrected chi connectivity index (χ3v) is 6.02. The molecule has 1 aromatic heterocycles. The topological polar surface area (TPSA) is 76.5 Å². The average Bonchev–Trinajstić information content (AvgIpc) is 3.22. The van der Waals surface area contributed by atoms with Gasteiger partial charge in [0.2, 0.25) is 5.91 Å². The Morgan fingerprint density at radius 2 is 2.00 bits per heavy atom. The van der Waals surface area contributed by atoms with Crippen molar-refractivity contribution in [1.29, 1.82) is 0 Å². The predicted molar refractivity (Wildman–Crippen MR) is 124 cm³/mol. The second-order valence-corrected chi connectivity index (χ2v) is 8.53. The lowest BCUT2D eigenvalue weighted by atomic mass is 10.00. The van der Waals surface area contributed by atoms with Gasteiger partial charge in [-0.05, 0) is 50.1 Å². The number of alkyl halides is 3. The van der Waals surface area contributed by atoms with Crippen molar-refractivity contribution >= 4 is 17.5 Å². The maximum absolute atomic E-state index is 14.4. The minimum Gasteiger partial charge on any atom is -0.495 e. The van der Waals surface area contributed by atoms with Gasteiger partial charge in [-0.15, -0.1) is 0 Å². The van der Waals surface area contributed by atoms with E-state index in [1.165, 1.54) is 25.3 Å². The normalized spacial score (nSPS) is 15.9. The van der Waals surface area contributed by atoms with E-state index in [-0.39, 0.29) is 36.2 Å². The third kappa shape index (κ3) is 5.34. The van der Waals surface area contributed by atoms with Crippen LogP contribution < -0.4 is 15.0 Å². The summed E-state index contributed by atoms with van der Waals surface area (Å²) in [4.78, 5) is 30.6. The number of carbonyl (C=O) groups excluding carboxylic acids is 2. The van der Waals surface area contributed by atoms with E-state index < -0.39 is 36.3 Å². The van der Waals surface area contributed by atoms with Crippen LogP contribution in [0.2, 0.25) is 0 Å². The summed E-state index contributed by atoms with van der Waals surface area (Å²) < 4.78 is 61.3. The van der Waals surface area contributed by atoms with Gasteiger partial charge in [0.1, 0.15) is 18.1 Å². The first-order chi connectivity index (χ1) is 17.1. The number of amides is 2. The van der Waals surface area contributed by atoms with E-state index in [1.54, 1.807) is 29.2 Å². The molecule has 1 N–H and O–H groups in total. The third-order valence-electron chi connectivity index (χ3n) is 6.02. The minimum absolute atomic E-state index is 0.0546. The number of carbonyl (C=O) groups is 2. The Balaban J connectivity index is 1.52. The van der Waals surface area contributed by atoms with Crippen LogP contribution in [0.1, 0.15) is 28.0 Å². The van der Waals surface area contributed by atoms with Gasteiger partial charge in [0, 0.05) is 23.9 Å². The maximum Gasteiger partial charge on any atom is 0.406 e. The van der Waals surface area contributed by atoms with E-state index >= 15 is 0 Å². The molecule has 2 aromatic carbocycles. The fraction of sp³-hybridized carbons (Fsp3) is 0.320. The first-order valence-corrected chi connectivity index (χ1v) is 11.2. The maximum atomic E-state index is 14.4. The second-order valence-electron chi connectivity index (χ2n) is 8.53. The van der Waals surface area contributed by atoms with E-state index in [0.29, 0.717) is 16.3 Å². The molecular weight excluding hydrogens is 480 g/mol. The van der Waals surface area contributed by atoms with Crippen molar-refractivity contribution in [2.45, 2.75) is 25.9 Å². The number of benzene rings is 2. The van der Waals surface area contributed by atoms with Crippen molar-refractivity contribution < 1.29 is 31.9 Å². The Morgan fingerprint density at radius 3 is 2.67 bits per heavy atom. The van der Waals surface area contributed by atoms with Crippen LogP contribution in [-0.2, 0) is 11.2 Å². The molecule has 4 rings (SSSR count). The van der Waals surface area contributed by atoms with E-state index in [4.69, 9.17) is 4.74 Å². The molecule has 7 nitrogen and oxygen atoms in total. The summed E-state index contributed by atoms with van der Waals surface area (Å²) in [5.74, 6) is -2.56. The number of anilines is 1. The van der Waals surface area contributed by atoms with Gasteiger partial charge in [0.15, 0.2) is 0 Å². The number of hydrogen-bond acceptors (Lipinski definition) is 4. The number of fused-ring (bicyclic) bond motifs is 1. The van der Waals surface area contributed by atoms with Gasteiger partial charge < -0.3 is 19.5 Å². The Kier molecular flexibility index (Phi) is 7.00. The first-order valence-electron chi connectivity index (χ1n) is 11.2. The zero-order chi connectivity index (χ0) is 26.0. The molecule has 11 heteroatoms. The van der Waals surface area contributed by atoms with E-state index in [0.717, 1.165) is 11.8 Å². The van der Waals surface area contributed by atoms with E-state index in [9.17, 15) is 27.2 Å². The van der Waals surface area contributed by atoms with Gasteiger partial charge in [-0.2, -0.15) is 13.2 Å². The molecule has 0 bridgehead atoms. The molecule has 0 saturated carbocycles. The van der Waals surface area contributed by atoms with Crippen LogP contribution >= 0.6 is 0 Å². The molecule has 2 heterocycles. The lowest BCUT2D eigenvalue weighted by Gasteiger charge is -2.27. The smallest absolute Gasteiger partial charge is 0.406 e.